The van der Waals surface area contributed by atoms with Gasteiger partial charge < -0.3 is 4.74 Å². The largest absolute Gasteiger partial charge is 0.442 e. The molecule has 1 saturated heterocycles. The molecule has 0 radical (unpaired) electrons. The van der Waals surface area contributed by atoms with Gasteiger partial charge in [0.25, 0.3) is 0 Å². The molecule has 1 aliphatic heterocycles. The zero-order valence-electron chi connectivity index (χ0n) is 10.1. The van der Waals surface area contributed by atoms with E-state index in [-0.39, 0.29) is 24.8 Å². The van der Waals surface area contributed by atoms with Crippen molar-refractivity contribution in [2.24, 2.45) is 0 Å². The summed E-state index contributed by atoms with van der Waals surface area (Å²) in [4.78, 5) is 24.1. The quantitative estimate of drug-likeness (QED) is 0.758. The van der Waals surface area contributed by atoms with Crippen molar-refractivity contribution in [3.63, 3.8) is 0 Å². The summed E-state index contributed by atoms with van der Waals surface area (Å²) in [5, 5.41) is 0. The van der Waals surface area contributed by atoms with E-state index in [1.807, 2.05) is 0 Å². The predicted octanol–water partition coefficient (Wildman–Crippen LogP) is 2.83. The lowest BCUT2D eigenvalue weighted by atomic mass is 10.0. The first-order chi connectivity index (χ1) is 8.61. The van der Waals surface area contributed by atoms with Crippen LogP contribution in [-0.4, -0.2) is 23.5 Å². The van der Waals surface area contributed by atoms with Crippen molar-refractivity contribution in [3.05, 3.63) is 35.3 Å². The number of cyclic esters (lactones) is 1. The molecule has 18 heavy (non-hydrogen) atoms. The van der Waals surface area contributed by atoms with Crippen LogP contribution in [0.4, 0.5) is 9.18 Å². The average molecular weight is 251 g/mol. The van der Waals surface area contributed by atoms with Crippen LogP contribution < -0.4 is 0 Å². The SMILES string of the molecule is CCC(=O)N1C(=O)OC/C1=C\C1=CC=C(F)CC1. The van der Waals surface area contributed by atoms with Crippen molar-refractivity contribution >= 4 is 12.0 Å². The van der Waals surface area contributed by atoms with E-state index in [9.17, 15) is 14.0 Å². The van der Waals surface area contributed by atoms with E-state index >= 15 is 0 Å². The highest BCUT2D eigenvalue weighted by atomic mass is 19.1. The fourth-order valence-electron chi connectivity index (χ4n) is 1.87. The molecule has 0 spiro atoms. The molecule has 5 heteroatoms. The number of allylic oxidation sites excluding steroid dienone is 5. The lowest BCUT2D eigenvalue weighted by molar-refractivity contribution is -0.126. The molecule has 0 unspecified atom stereocenters. The molecule has 96 valence electrons. The van der Waals surface area contributed by atoms with Crippen molar-refractivity contribution in [1.29, 1.82) is 0 Å². The van der Waals surface area contributed by atoms with E-state index < -0.39 is 6.09 Å². The summed E-state index contributed by atoms with van der Waals surface area (Å²) in [7, 11) is 0. The van der Waals surface area contributed by atoms with E-state index in [1.54, 1.807) is 19.1 Å². The summed E-state index contributed by atoms with van der Waals surface area (Å²) >= 11 is 0. The van der Waals surface area contributed by atoms with E-state index in [0.717, 1.165) is 10.5 Å². The maximum atomic E-state index is 12.8. The summed E-state index contributed by atoms with van der Waals surface area (Å²) in [5.41, 5.74) is 1.41. The molecule has 0 aromatic heterocycles. The highest BCUT2D eigenvalue weighted by Crippen LogP contribution is 2.24. The topological polar surface area (TPSA) is 46.6 Å². The second-order valence-corrected chi connectivity index (χ2v) is 4.13. The number of ether oxygens (including phenoxy) is 1. The molecule has 2 aliphatic rings. The zero-order chi connectivity index (χ0) is 13.1. The number of imide groups is 1. The second-order valence-electron chi connectivity index (χ2n) is 4.13. The van der Waals surface area contributed by atoms with Crippen LogP contribution in [-0.2, 0) is 9.53 Å². The third-order valence-corrected chi connectivity index (χ3v) is 2.85. The number of carbonyl (C=O) groups excluding carboxylic acids is 2. The molecule has 2 amide bonds. The Morgan fingerprint density at radius 3 is 2.89 bits per heavy atom. The monoisotopic (exact) mass is 251 g/mol. The van der Waals surface area contributed by atoms with Gasteiger partial charge >= 0.3 is 6.09 Å². The van der Waals surface area contributed by atoms with Crippen molar-refractivity contribution in [1.82, 2.24) is 4.90 Å². The molecule has 0 bridgehead atoms. The first-order valence-corrected chi connectivity index (χ1v) is 5.87. The molecule has 4 nitrogen and oxygen atoms in total. The maximum Gasteiger partial charge on any atom is 0.421 e. The summed E-state index contributed by atoms with van der Waals surface area (Å²) in [6, 6.07) is 0. The van der Waals surface area contributed by atoms with E-state index in [0.29, 0.717) is 18.5 Å². The highest BCUT2D eigenvalue weighted by Gasteiger charge is 2.32. The smallest absolute Gasteiger partial charge is 0.421 e. The number of hydrogen-bond donors (Lipinski definition) is 0. The minimum atomic E-state index is -0.633. The van der Waals surface area contributed by atoms with Gasteiger partial charge in [-0.3, -0.25) is 4.79 Å². The summed E-state index contributed by atoms with van der Waals surface area (Å²) in [6.07, 6.45) is 5.30. The predicted molar refractivity (Wildman–Crippen MR) is 63.1 cm³/mol. The van der Waals surface area contributed by atoms with Gasteiger partial charge in [-0.05, 0) is 24.1 Å². The molecule has 0 aromatic carbocycles. The fourth-order valence-corrected chi connectivity index (χ4v) is 1.87. The normalized spacial score (nSPS) is 21.8. The number of rotatable bonds is 2. The Balaban J connectivity index is 2.22. The van der Waals surface area contributed by atoms with Crippen LogP contribution in [0.15, 0.2) is 35.3 Å². The minimum Gasteiger partial charge on any atom is -0.442 e. The van der Waals surface area contributed by atoms with Gasteiger partial charge in [0, 0.05) is 12.8 Å². The lowest BCUT2D eigenvalue weighted by Crippen LogP contribution is -2.29. The average Bonchev–Trinajstić information content (AvgIpc) is 2.72. The van der Waals surface area contributed by atoms with Gasteiger partial charge in [0.1, 0.15) is 12.4 Å². The molecular weight excluding hydrogens is 237 g/mol. The Labute approximate surface area is 104 Å². The van der Waals surface area contributed by atoms with Crippen LogP contribution in [0.2, 0.25) is 0 Å². The molecule has 0 aromatic rings. The van der Waals surface area contributed by atoms with E-state index in [2.05, 4.69) is 0 Å². The number of halogens is 1. The van der Waals surface area contributed by atoms with Crippen molar-refractivity contribution in [2.75, 3.05) is 6.61 Å². The molecule has 0 saturated carbocycles. The van der Waals surface area contributed by atoms with E-state index in [4.69, 9.17) is 4.74 Å². The molecule has 1 fully saturated rings. The third-order valence-electron chi connectivity index (χ3n) is 2.85. The molecule has 0 N–H and O–H groups in total. The van der Waals surface area contributed by atoms with Gasteiger partial charge in [-0.15, -0.1) is 0 Å². The lowest BCUT2D eigenvalue weighted by Gasteiger charge is -2.13. The molecule has 2 rings (SSSR count). The Morgan fingerprint density at radius 1 is 1.50 bits per heavy atom. The summed E-state index contributed by atoms with van der Waals surface area (Å²) in [6.45, 7) is 1.78. The third kappa shape index (κ3) is 2.50. The van der Waals surface area contributed by atoms with Gasteiger partial charge in [0.2, 0.25) is 5.91 Å². The number of hydrogen-bond acceptors (Lipinski definition) is 3. The van der Waals surface area contributed by atoms with Crippen molar-refractivity contribution in [3.8, 4) is 0 Å². The number of amides is 2. The second kappa shape index (κ2) is 5.16. The Hall–Kier alpha value is -1.91. The summed E-state index contributed by atoms with van der Waals surface area (Å²) in [5.74, 6) is -0.445. The van der Waals surface area contributed by atoms with E-state index in [1.165, 1.54) is 6.08 Å². The Kier molecular flexibility index (Phi) is 3.60. The van der Waals surface area contributed by atoms with Gasteiger partial charge in [-0.25, -0.2) is 14.1 Å². The molecule has 0 atom stereocenters. The number of carbonyl (C=O) groups is 2. The van der Waals surface area contributed by atoms with Crippen LogP contribution in [0.3, 0.4) is 0 Å². The minimum absolute atomic E-state index is 0.0914. The Bertz CT molecular complexity index is 477. The maximum absolute atomic E-state index is 12.8. The van der Waals surface area contributed by atoms with Crippen molar-refractivity contribution in [2.45, 2.75) is 26.2 Å². The van der Waals surface area contributed by atoms with Gasteiger partial charge in [0.05, 0.1) is 5.70 Å². The van der Waals surface area contributed by atoms with Gasteiger partial charge in [-0.2, -0.15) is 0 Å². The first kappa shape index (κ1) is 12.5. The van der Waals surface area contributed by atoms with Crippen LogP contribution in [0, 0.1) is 0 Å². The van der Waals surface area contributed by atoms with Crippen LogP contribution >= 0.6 is 0 Å². The molecule has 1 aliphatic carbocycles. The standard InChI is InChI=1S/C13H14FNO3/c1-2-12(16)15-11(8-18-13(15)17)7-9-3-5-10(14)6-4-9/h3,5,7H,2,4,6,8H2,1H3/b11-7+. The fraction of sp³-hybridized carbons (Fsp3) is 0.385. The zero-order valence-corrected chi connectivity index (χ0v) is 10.1. The highest BCUT2D eigenvalue weighted by molar-refractivity contribution is 5.95. The van der Waals surface area contributed by atoms with Crippen LogP contribution in [0.1, 0.15) is 26.2 Å². The number of nitrogens with zero attached hydrogens (tertiary/aromatic N) is 1. The first-order valence-electron chi connectivity index (χ1n) is 5.87. The molecular formula is C13H14FNO3. The van der Waals surface area contributed by atoms with Crippen molar-refractivity contribution < 1.29 is 18.7 Å². The van der Waals surface area contributed by atoms with Crippen LogP contribution in [0.25, 0.3) is 0 Å². The van der Waals surface area contributed by atoms with Gasteiger partial charge in [-0.1, -0.05) is 13.0 Å². The Morgan fingerprint density at radius 2 is 2.28 bits per heavy atom. The van der Waals surface area contributed by atoms with Crippen LogP contribution in [0.5, 0.6) is 0 Å². The molecule has 1 heterocycles. The summed E-state index contributed by atoms with van der Waals surface area (Å²) < 4.78 is 17.7. The van der Waals surface area contributed by atoms with Gasteiger partial charge in [0.15, 0.2) is 0 Å².